The number of aliphatic hydroxyl groups excluding tert-OH is 1. The van der Waals surface area contributed by atoms with Gasteiger partial charge in [0.2, 0.25) is 0 Å². The first-order valence-corrected chi connectivity index (χ1v) is 9.45. The first-order valence-electron chi connectivity index (χ1n) is 9.45. The minimum Gasteiger partial charge on any atom is -0.464 e. The van der Waals surface area contributed by atoms with Gasteiger partial charge in [0.1, 0.15) is 11.5 Å². The molecule has 2 N–H and O–H groups in total. The summed E-state index contributed by atoms with van der Waals surface area (Å²) in [7, 11) is 0. The molecule has 0 radical (unpaired) electrons. The van der Waals surface area contributed by atoms with Crippen LogP contribution in [-0.2, 0) is 13.0 Å². The fourth-order valence-corrected chi connectivity index (χ4v) is 3.49. The molecule has 1 unspecified atom stereocenters. The molecule has 3 rings (SSSR count). The standard InChI is InChI=1S/C21H30N2O2/c1-3-19-8-9-21(25-19)16(2)22-20-7-5-4-6-18(20)14-23-12-10-17(15-24)11-13-23/h4-9,16-17,22,24H,3,10-15H2,1-2H3. The summed E-state index contributed by atoms with van der Waals surface area (Å²) in [5.41, 5.74) is 2.49. The lowest BCUT2D eigenvalue weighted by Crippen LogP contribution is -2.34. The molecule has 2 aromatic rings. The van der Waals surface area contributed by atoms with Gasteiger partial charge in [-0.05, 0) is 62.5 Å². The summed E-state index contributed by atoms with van der Waals surface area (Å²) in [5.74, 6) is 2.50. The zero-order valence-corrected chi connectivity index (χ0v) is 15.4. The number of likely N-dealkylation sites (tertiary alicyclic amines) is 1. The van der Waals surface area contributed by atoms with Gasteiger partial charge in [-0.2, -0.15) is 0 Å². The number of anilines is 1. The normalized spacial score (nSPS) is 17.6. The Morgan fingerprint density at radius 3 is 2.64 bits per heavy atom. The molecular formula is C21H30N2O2. The number of aryl methyl sites for hydroxylation is 1. The van der Waals surface area contributed by atoms with E-state index in [0.29, 0.717) is 12.5 Å². The second-order valence-electron chi connectivity index (χ2n) is 7.08. The number of hydrogen-bond acceptors (Lipinski definition) is 4. The van der Waals surface area contributed by atoms with Crippen molar-refractivity contribution in [2.75, 3.05) is 25.0 Å². The number of rotatable bonds is 7. The van der Waals surface area contributed by atoms with Gasteiger partial charge in [0.15, 0.2) is 0 Å². The first kappa shape index (κ1) is 18.0. The van der Waals surface area contributed by atoms with Crippen LogP contribution in [0.2, 0.25) is 0 Å². The molecule has 4 nitrogen and oxygen atoms in total. The van der Waals surface area contributed by atoms with E-state index in [4.69, 9.17) is 4.42 Å². The highest BCUT2D eigenvalue weighted by Gasteiger charge is 2.19. The Morgan fingerprint density at radius 1 is 1.20 bits per heavy atom. The Morgan fingerprint density at radius 2 is 1.96 bits per heavy atom. The lowest BCUT2D eigenvalue weighted by atomic mass is 9.97. The maximum Gasteiger partial charge on any atom is 0.126 e. The Kier molecular flexibility index (Phi) is 6.16. The summed E-state index contributed by atoms with van der Waals surface area (Å²) in [6, 6.07) is 12.8. The van der Waals surface area contributed by atoms with E-state index in [2.05, 4.69) is 60.5 Å². The Labute approximate surface area is 150 Å². The fourth-order valence-electron chi connectivity index (χ4n) is 3.49. The van der Waals surface area contributed by atoms with Crippen LogP contribution in [0.3, 0.4) is 0 Å². The average Bonchev–Trinajstić information content (AvgIpc) is 3.13. The van der Waals surface area contributed by atoms with Crippen molar-refractivity contribution < 1.29 is 9.52 Å². The number of furan rings is 1. The van der Waals surface area contributed by atoms with E-state index in [1.54, 1.807) is 0 Å². The fraction of sp³-hybridized carbons (Fsp3) is 0.524. The van der Waals surface area contributed by atoms with Crippen molar-refractivity contribution in [3.63, 3.8) is 0 Å². The van der Waals surface area contributed by atoms with E-state index >= 15 is 0 Å². The second-order valence-corrected chi connectivity index (χ2v) is 7.08. The van der Waals surface area contributed by atoms with E-state index < -0.39 is 0 Å². The predicted octanol–water partition coefficient (Wildman–Crippen LogP) is 4.22. The molecule has 0 spiro atoms. The molecule has 25 heavy (non-hydrogen) atoms. The van der Waals surface area contributed by atoms with Gasteiger partial charge < -0.3 is 14.8 Å². The van der Waals surface area contributed by atoms with Crippen LogP contribution in [0.4, 0.5) is 5.69 Å². The minimum atomic E-state index is 0.140. The van der Waals surface area contributed by atoms with Gasteiger partial charge >= 0.3 is 0 Å². The van der Waals surface area contributed by atoms with E-state index in [0.717, 1.165) is 50.4 Å². The molecule has 0 saturated carbocycles. The van der Waals surface area contributed by atoms with Crippen LogP contribution >= 0.6 is 0 Å². The third-order valence-corrected chi connectivity index (χ3v) is 5.21. The Balaban J connectivity index is 1.64. The van der Waals surface area contributed by atoms with Crippen molar-refractivity contribution in [2.24, 2.45) is 5.92 Å². The summed E-state index contributed by atoms with van der Waals surface area (Å²) in [5, 5.41) is 12.9. The monoisotopic (exact) mass is 342 g/mol. The molecule has 0 aliphatic carbocycles. The molecule has 4 heteroatoms. The van der Waals surface area contributed by atoms with Crippen LogP contribution in [0.15, 0.2) is 40.8 Å². The topological polar surface area (TPSA) is 48.6 Å². The van der Waals surface area contributed by atoms with Gasteiger partial charge in [0.05, 0.1) is 6.04 Å². The summed E-state index contributed by atoms with van der Waals surface area (Å²) in [6.45, 7) is 7.65. The highest BCUT2D eigenvalue weighted by molar-refractivity contribution is 5.52. The maximum atomic E-state index is 9.30. The van der Waals surface area contributed by atoms with Gasteiger partial charge in [-0.25, -0.2) is 0 Å². The molecular weight excluding hydrogens is 312 g/mol. The van der Waals surface area contributed by atoms with Gasteiger partial charge in [-0.1, -0.05) is 25.1 Å². The number of benzene rings is 1. The highest BCUT2D eigenvalue weighted by Crippen LogP contribution is 2.26. The van der Waals surface area contributed by atoms with E-state index in [1.165, 1.54) is 11.3 Å². The van der Waals surface area contributed by atoms with Gasteiger partial charge in [0, 0.05) is 25.3 Å². The average molecular weight is 342 g/mol. The van der Waals surface area contributed by atoms with Crippen molar-refractivity contribution in [1.82, 2.24) is 4.90 Å². The molecule has 1 aliphatic heterocycles. The van der Waals surface area contributed by atoms with Crippen molar-refractivity contribution in [3.05, 3.63) is 53.5 Å². The number of nitrogens with one attached hydrogen (secondary N) is 1. The van der Waals surface area contributed by atoms with Crippen LogP contribution in [0.5, 0.6) is 0 Å². The molecule has 0 bridgehead atoms. The van der Waals surface area contributed by atoms with Crippen LogP contribution in [0.25, 0.3) is 0 Å². The van der Waals surface area contributed by atoms with Gasteiger partial charge in [0.25, 0.3) is 0 Å². The number of hydrogen-bond donors (Lipinski definition) is 2. The molecule has 1 aliphatic rings. The predicted molar refractivity (Wildman–Crippen MR) is 102 cm³/mol. The molecule has 1 aromatic carbocycles. The first-order chi connectivity index (χ1) is 12.2. The largest absolute Gasteiger partial charge is 0.464 e. The highest BCUT2D eigenvalue weighted by atomic mass is 16.3. The third-order valence-electron chi connectivity index (χ3n) is 5.21. The zero-order valence-electron chi connectivity index (χ0n) is 15.4. The van der Waals surface area contributed by atoms with Crippen LogP contribution in [0, 0.1) is 5.92 Å². The number of para-hydroxylation sites is 1. The zero-order chi connectivity index (χ0) is 17.6. The summed E-state index contributed by atoms with van der Waals surface area (Å²) < 4.78 is 5.88. The lowest BCUT2D eigenvalue weighted by Gasteiger charge is -2.31. The van der Waals surface area contributed by atoms with Crippen molar-refractivity contribution in [2.45, 2.75) is 45.7 Å². The van der Waals surface area contributed by atoms with E-state index in [9.17, 15) is 5.11 Å². The van der Waals surface area contributed by atoms with E-state index in [-0.39, 0.29) is 6.04 Å². The van der Waals surface area contributed by atoms with Crippen LogP contribution in [-0.4, -0.2) is 29.7 Å². The lowest BCUT2D eigenvalue weighted by molar-refractivity contribution is 0.127. The molecule has 2 heterocycles. The summed E-state index contributed by atoms with van der Waals surface area (Å²) in [6.07, 6.45) is 3.11. The smallest absolute Gasteiger partial charge is 0.126 e. The molecule has 1 atom stereocenters. The van der Waals surface area contributed by atoms with Crippen molar-refractivity contribution >= 4 is 5.69 Å². The minimum absolute atomic E-state index is 0.140. The van der Waals surface area contributed by atoms with Crippen LogP contribution < -0.4 is 5.32 Å². The Bertz CT molecular complexity index is 659. The molecule has 136 valence electrons. The molecule has 1 fully saturated rings. The Hall–Kier alpha value is -1.78. The van der Waals surface area contributed by atoms with E-state index in [1.807, 2.05) is 0 Å². The molecule has 0 amide bonds. The van der Waals surface area contributed by atoms with Gasteiger partial charge in [-0.15, -0.1) is 0 Å². The summed E-state index contributed by atoms with van der Waals surface area (Å²) in [4.78, 5) is 2.49. The number of nitrogens with zero attached hydrogens (tertiary/aromatic N) is 1. The second kappa shape index (κ2) is 8.54. The van der Waals surface area contributed by atoms with Gasteiger partial charge in [-0.3, -0.25) is 4.90 Å². The quantitative estimate of drug-likeness (QED) is 0.791. The SMILES string of the molecule is CCc1ccc(C(C)Nc2ccccc2CN2CCC(CO)CC2)o1. The molecule has 1 saturated heterocycles. The number of aliphatic hydroxyl groups is 1. The summed E-state index contributed by atoms with van der Waals surface area (Å²) >= 11 is 0. The third kappa shape index (κ3) is 4.65. The van der Waals surface area contributed by atoms with Crippen molar-refractivity contribution in [3.8, 4) is 0 Å². The maximum absolute atomic E-state index is 9.30. The van der Waals surface area contributed by atoms with Crippen molar-refractivity contribution in [1.29, 1.82) is 0 Å². The number of piperidine rings is 1. The molecule has 1 aromatic heterocycles. The van der Waals surface area contributed by atoms with Crippen LogP contribution in [0.1, 0.15) is 49.8 Å².